The zero-order chi connectivity index (χ0) is 21.9. The van der Waals surface area contributed by atoms with Crippen LogP contribution in [-0.4, -0.2) is 23.3 Å². The molecule has 7 rings (SSSR count). The number of hydrogen-bond donors (Lipinski definition) is 0. The van der Waals surface area contributed by atoms with Gasteiger partial charge in [0.25, 0.3) is 0 Å². The van der Waals surface area contributed by atoms with Crippen LogP contribution in [0.4, 0.5) is 0 Å². The summed E-state index contributed by atoms with van der Waals surface area (Å²) in [6.45, 7) is 0. The van der Waals surface area contributed by atoms with Crippen LogP contribution in [0.3, 0.4) is 0 Å². The molecule has 6 heteroatoms. The van der Waals surface area contributed by atoms with Gasteiger partial charge in [-0.05, 0) is 54.6 Å². The molecule has 154 valence electrons. The van der Waals surface area contributed by atoms with E-state index < -0.39 is 0 Å². The van der Waals surface area contributed by atoms with Gasteiger partial charge in [0.1, 0.15) is 0 Å². The molecule has 6 nitrogen and oxygen atoms in total. The molecule has 3 aromatic heterocycles. The van der Waals surface area contributed by atoms with Gasteiger partial charge in [0.2, 0.25) is 11.6 Å². The molecule has 0 radical (unpaired) electrons. The summed E-state index contributed by atoms with van der Waals surface area (Å²) < 4.78 is 6.39. The molecule has 0 unspecified atom stereocenters. The summed E-state index contributed by atoms with van der Waals surface area (Å²) in [4.78, 5) is 10.1. The molecule has 0 aliphatic carbocycles. The molecule has 0 saturated carbocycles. The molecule has 0 amide bonds. The Kier molecular flexibility index (Phi) is 3.53. The van der Waals surface area contributed by atoms with Crippen molar-refractivity contribution in [3.05, 3.63) is 103 Å². The lowest BCUT2D eigenvalue weighted by Gasteiger charge is -2.07. The van der Waals surface area contributed by atoms with E-state index in [1.54, 1.807) is 0 Å². The lowest BCUT2D eigenvalue weighted by atomic mass is 10.2. The minimum absolute atomic E-state index is 0.583. The minimum Gasteiger partial charge on any atom is -0.276 e. The first kappa shape index (κ1) is 17.8. The van der Waals surface area contributed by atoms with Crippen LogP contribution in [0, 0.1) is 11.3 Å². The maximum atomic E-state index is 9.57. The fraction of sp³-hybridized carbons (Fsp3) is 0. The molecular weight excluding hydrogens is 408 g/mol. The third-order valence-corrected chi connectivity index (χ3v) is 6.08. The third kappa shape index (κ3) is 2.42. The Morgan fingerprint density at radius 2 is 1.09 bits per heavy atom. The van der Waals surface area contributed by atoms with Crippen molar-refractivity contribution in [1.29, 1.82) is 5.26 Å². The van der Waals surface area contributed by atoms with Crippen molar-refractivity contribution in [3.63, 3.8) is 0 Å². The van der Waals surface area contributed by atoms with Crippen LogP contribution in [0.1, 0.15) is 5.56 Å². The predicted octanol–water partition coefficient (Wildman–Crippen LogP) is 5.67. The highest BCUT2D eigenvalue weighted by Crippen LogP contribution is 2.29. The first-order valence-corrected chi connectivity index (χ1v) is 10.7. The summed E-state index contributed by atoms with van der Waals surface area (Å²) in [5.41, 5.74) is 7.26. The number of fused-ring (bicyclic) bond motifs is 9. The molecule has 0 spiro atoms. The molecule has 0 N–H and O–H groups in total. The van der Waals surface area contributed by atoms with Crippen molar-refractivity contribution < 1.29 is 0 Å². The first-order valence-electron chi connectivity index (χ1n) is 10.7. The molecule has 0 saturated heterocycles. The molecule has 0 fully saturated rings. The van der Waals surface area contributed by atoms with Gasteiger partial charge < -0.3 is 0 Å². The van der Waals surface area contributed by atoms with Gasteiger partial charge in [0, 0.05) is 0 Å². The number of benzene rings is 4. The maximum Gasteiger partial charge on any atom is 0.223 e. The normalized spacial score (nSPS) is 11.6. The van der Waals surface area contributed by atoms with Gasteiger partial charge in [-0.25, -0.2) is 14.5 Å². The monoisotopic (exact) mass is 424 g/mol. The van der Waals surface area contributed by atoms with Crippen LogP contribution < -0.4 is 0 Å². The number of para-hydroxylation sites is 6. The smallest absolute Gasteiger partial charge is 0.223 e. The Labute approximate surface area is 187 Å². The molecule has 0 atom stereocenters. The lowest BCUT2D eigenvalue weighted by molar-refractivity contribution is 1.03. The Balaban J connectivity index is 1.88. The fourth-order valence-corrected chi connectivity index (χ4v) is 4.68. The van der Waals surface area contributed by atoms with Gasteiger partial charge in [-0.15, -0.1) is 0 Å². The highest BCUT2D eigenvalue weighted by molar-refractivity contribution is 5.92. The van der Waals surface area contributed by atoms with Crippen LogP contribution in [-0.2, 0) is 0 Å². The first-order chi connectivity index (χ1) is 16.3. The van der Waals surface area contributed by atoms with E-state index in [0.29, 0.717) is 5.56 Å². The highest BCUT2D eigenvalue weighted by Gasteiger charge is 2.18. The Hall–Kier alpha value is -4.89. The largest absolute Gasteiger partial charge is 0.276 e. The number of hydrogen-bond acceptors (Lipinski definition) is 3. The van der Waals surface area contributed by atoms with E-state index in [0.717, 1.165) is 50.3 Å². The molecule has 3 heterocycles. The van der Waals surface area contributed by atoms with Gasteiger partial charge >= 0.3 is 0 Å². The predicted molar refractivity (Wildman–Crippen MR) is 129 cm³/mol. The second-order valence-electron chi connectivity index (χ2n) is 7.96. The van der Waals surface area contributed by atoms with E-state index in [2.05, 4.69) is 39.1 Å². The van der Waals surface area contributed by atoms with Gasteiger partial charge in [0.05, 0.1) is 50.4 Å². The molecule has 0 bridgehead atoms. The van der Waals surface area contributed by atoms with Crippen LogP contribution >= 0.6 is 0 Å². The zero-order valence-electron chi connectivity index (χ0n) is 17.4. The average Bonchev–Trinajstić information content (AvgIpc) is 3.40. The zero-order valence-corrected chi connectivity index (χ0v) is 17.4. The quantitative estimate of drug-likeness (QED) is 0.341. The summed E-state index contributed by atoms with van der Waals surface area (Å²) in [6.07, 6.45) is 0. The summed E-state index contributed by atoms with van der Waals surface area (Å²) in [5, 5.41) is 9.57. The summed E-state index contributed by atoms with van der Waals surface area (Å²) >= 11 is 0. The summed E-state index contributed by atoms with van der Waals surface area (Å²) in [7, 11) is 0. The molecule has 0 aliphatic heterocycles. The van der Waals surface area contributed by atoms with Gasteiger partial charge in [-0.2, -0.15) is 5.26 Å². The fourth-order valence-electron chi connectivity index (χ4n) is 4.68. The van der Waals surface area contributed by atoms with Crippen molar-refractivity contribution in [2.75, 3.05) is 0 Å². The van der Waals surface area contributed by atoms with Crippen molar-refractivity contribution in [1.82, 2.24) is 23.3 Å². The van der Waals surface area contributed by atoms with E-state index >= 15 is 0 Å². The van der Waals surface area contributed by atoms with Crippen LogP contribution in [0.5, 0.6) is 0 Å². The van der Waals surface area contributed by atoms with E-state index in [4.69, 9.17) is 9.97 Å². The van der Waals surface area contributed by atoms with Crippen LogP contribution in [0.25, 0.3) is 50.3 Å². The third-order valence-electron chi connectivity index (χ3n) is 6.08. The van der Waals surface area contributed by atoms with Gasteiger partial charge in [-0.3, -0.25) is 8.80 Å². The van der Waals surface area contributed by atoms with Crippen LogP contribution in [0.2, 0.25) is 0 Å². The Morgan fingerprint density at radius 3 is 1.64 bits per heavy atom. The minimum atomic E-state index is 0.583. The van der Waals surface area contributed by atoms with Crippen molar-refractivity contribution in [2.24, 2.45) is 0 Å². The molecular formula is C27H16N6. The number of aromatic nitrogens is 5. The van der Waals surface area contributed by atoms with Crippen molar-refractivity contribution in [3.8, 4) is 11.8 Å². The van der Waals surface area contributed by atoms with Gasteiger partial charge in [0.15, 0.2) is 0 Å². The van der Waals surface area contributed by atoms with Crippen LogP contribution in [0.15, 0.2) is 97.1 Å². The summed E-state index contributed by atoms with van der Waals surface area (Å²) in [6, 6.07) is 34.4. The molecule has 4 aromatic carbocycles. The molecule has 7 aromatic rings. The second kappa shape index (κ2) is 6.55. The number of rotatable bonds is 1. The van der Waals surface area contributed by atoms with E-state index in [-0.39, 0.29) is 0 Å². The molecule has 0 aliphatic rings. The molecule has 33 heavy (non-hydrogen) atoms. The van der Waals surface area contributed by atoms with Gasteiger partial charge in [-0.1, -0.05) is 42.5 Å². The van der Waals surface area contributed by atoms with Crippen molar-refractivity contribution >= 4 is 44.7 Å². The standard InChI is InChI=1S/C27H16N6/c28-17-18-8-7-9-19(16-18)31-26-29-20-10-1-3-12-22(20)32(26)24-14-5-6-15-25(24)33-23-13-4-2-11-21(23)30-27(31)33/h1-16H. The topological polar surface area (TPSA) is 63.3 Å². The summed E-state index contributed by atoms with van der Waals surface area (Å²) in [5.74, 6) is 1.46. The average molecular weight is 424 g/mol. The Bertz CT molecular complexity index is 1830. The second-order valence-corrected chi connectivity index (χ2v) is 7.96. The maximum absolute atomic E-state index is 9.57. The van der Waals surface area contributed by atoms with E-state index in [1.807, 2.05) is 77.4 Å². The van der Waals surface area contributed by atoms with Crippen molar-refractivity contribution in [2.45, 2.75) is 0 Å². The number of imidazole rings is 2. The number of nitrogens with zero attached hydrogens (tertiary/aromatic N) is 6. The SMILES string of the molecule is N#Cc1cccc(-n2c3nc4ccccc4n3c3ccccc3n3c4ccccc4nc23)c1. The Morgan fingerprint density at radius 1 is 0.576 bits per heavy atom. The van der Waals surface area contributed by atoms with E-state index in [9.17, 15) is 5.26 Å². The van der Waals surface area contributed by atoms with E-state index in [1.165, 1.54) is 0 Å². The number of nitriles is 1. The highest BCUT2D eigenvalue weighted by atomic mass is 15.3. The lowest BCUT2D eigenvalue weighted by Crippen LogP contribution is -2.02.